The number of ether oxygens (including phenoxy) is 1. The third-order valence-electron chi connectivity index (χ3n) is 2.77. The van der Waals surface area contributed by atoms with Crippen LogP contribution in [0.4, 0.5) is 5.69 Å². The van der Waals surface area contributed by atoms with Crippen LogP contribution in [0.2, 0.25) is 0 Å². The van der Waals surface area contributed by atoms with E-state index in [2.05, 4.69) is 5.32 Å². The standard InChI is InChI=1S/C16H23NO2/c1-5-19-15(18)16(3,4)12-11-13(2)17-14-9-7-6-8-10-14/h6-13,17H,5H2,1-4H3/b12-11+. The highest BCUT2D eigenvalue weighted by molar-refractivity contribution is 5.78. The lowest BCUT2D eigenvalue weighted by molar-refractivity contribution is -0.150. The molecule has 3 heteroatoms. The zero-order valence-electron chi connectivity index (χ0n) is 12.1. The quantitative estimate of drug-likeness (QED) is 0.627. The summed E-state index contributed by atoms with van der Waals surface area (Å²) in [7, 11) is 0. The van der Waals surface area contributed by atoms with Gasteiger partial charge < -0.3 is 10.1 Å². The third-order valence-corrected chi connectivity index (χ3v) is 2.77. The molecule has 1 unspecified atom stereocenters. The normalized spacial score (nSPS) is 13.3. The Labute approximate surface area is 115 Å². The van der Waals surface area contributed by atoms with E-state index in [-0.39, 0.29) is 12.0 Å². The molecule has 0 amide bonds. The Kier molecular flexibility index (Phi) is 5.61. The van der Waals surface area contributed by atoms with Crippen molar-refractivity contribution in [2.24, 2.45) is 5.41 Å². The van der Waals surface area contributed by atoms with E-state index in [4.69, 9.17) is 4.74 Å². The van der Waals surface area contributed by atoms with Crippen molar-refractivity contribution in [1.29, 1.82) is 0 Å². The van der Waals surface area contributed by atoms with Gasteiger partial charge in [0, 0.05) is 11.7 Å². The summed E-state index contributed by atoms with van der Waals surface area (Å²) < 4.78 is 5.05. The molecule has 0 bridgehead atoms. The molecule has 0 aliphatic heterocycles. The van der Waals surface area contributed by atoms with Gasteiger partial charge in [0.15, 0.2) is 0 Å². The monoisotopic (exact) mass is 261 g/mol. The van der Waals surface area contributed by atoms with Crippen LogP contribution in [0.15, 0.2) is 42.5 Å². The van der Waals surface area contributed by atoms with E-state index in [0.717, 1.165) is 5.69 Å². The molecular weight excluding hydrogens is 238 g/mol. The number of benzene rings is 1. The Morgan fingerprint density at radius 3 is 2.58 bits per heavy atom. The van der Waals surface area contributed by atoms with Gasteiger partial charge in [-0.3, -0.25) is 4.79 Å². The van der Waals surface area contributed by atoms with Crippen LogP contribution in [-0.4, -0.2) is 18.6 Å². The van der Waals surface area contributed by atoms with E-state index in [1.165, 1.54) is 0 Å². The fourth-order valence-electron chi connectivity index (χ4n) is 1.62. The number of carbonyl (C=O) groups excluding carboxylic acids is 1. The second-order valence-corrected chi connectivity index (χ2v) is 5.10. The molecule has 0 aliphatic rings. The highest BCUT2D eigenvalue weighted by Crippen LogP contribution is 2.20. The Morgan fingerprint density at radius 2 is 2.00 bits per heavy atom. The van der Waals surface area contributed by atoms with Crippen molar-refractivity contribution < 1.29 is 9.53 Å². The molecule has 0 aromatic heterocycles. The van der Waals surface area contributed by atoms with Crippen LogP contribution >= 0.6 is 0 Å². The number of esters is 1. The maximum Gasteiger partial charge on any atom is 0.315 e. The topological polar surface area (TPSA) is 38.3 Å². The molecule has 0 radical (unpaired) electrons. The van der Waals surface area contributed by atoms with E-state index in [1.54, 1.807) is 0 Å². The molecular formula is C16H23NO2. The number of carbonyl (C=O) groups is 1. The summed E-state index contributed by atoms with van der Waals surface area (Å²) in [5.74, 6) is -0.196. The van der Waals surface area contributed by atoms with Crippen LogP contribution in [0.25, 0.3) is 0 Å². The van der Waals surface area contributed by atoms with Crippen LogP contribution < -0.4 is 5.32 Å². The van der Waals surface area contributed by atoms with E-state index in [1.807, 2.05) is 70.2 Å². The van der Waals surface area contributed by atoms with Crippen LogP contribution in [-0.2, 0) is 9.53 Å². The predicted molar refractivity (Wildman–Crippen MR) is 79.1 cm³/mol. The molecule has 1 aromatic carbocycles. The van der Waals surface area contributed by atoms with Crippen LogP contribution in [0.5, 0.6) is 0 Å². The number of hydrogen-bond donors (Lipinski definition) is 1. The molecule has 0 fully saturated rings. The predicted octanol–water partition coefficient (Wildman–Crippen LogP) is 3.63. The molecule has 3 nitrogen and oxygen atoms in total. The molecule has 19 heavy (non-hydrogen) atoms. The minimum atomic E-state index is -0.595. The summed E-state index contributed by atoms with van der Waals surface area (Å²) in [6, 6.07) is 10.1. The first-order valence-electron chi connectivity index (χ1n) is 6.64. The highest BCUT2D eigenvalue weighted by Gasteiger charge is 2.25. The molecule has 0 saturated heterocycles. The lowest BCUT2D eigenvalue weighted by Gasteiger charge is -2.19. The Balaban J connectivity index is 2.58. The van der Waals surface area contributed by atoms with Crippen molar-refractivity contribution in [3.8, 4) is 0 Å². The molecule has 1 rings (SSSR count). The summed E-state index contributed by atoms with van der Waals surface area (Å²) in [5.41, 5.74) is 0.469. The molecule has 0 heterocycles. The first-order chi connectivity index (χ1) is 8.95. The van der Waals surface area contributed by atoms with Gasteiger partial charge in [-0.25, -0.2) is 0 Å². The van der Waals surface area contributed by atoms with Gasteiger partial charge >= 0.3 is 5.97 Å². The molecule has 0 aliphatic carbocycles. The zero-order valence-corrected chi connectivity index (χ0v) is 12.1. The Bertz CT molecular complexity index is 424. The summed E-state index contributed by atoms with van der Waals surface area (Å²) in [6.07, 6.45) is 3.88. The molecule has 1 aromatic rings. The van der Waals surface area contributed by atoms with Gasteiger partial charge in [0.2, 0.25) is 0 Å². The highest BCUT2D eigenvalue weighted by atomic mass is 16.5. The SMILES string of the molecule is CCOC(=O)C(C)(C)/C=C/C(C)Nc1ccccc1. The lowest BCUT2D eigenvalue weighted by atomic mass is 9.92. The van der Waals surface area contributed by atoms with Crippen molar-refractivity contribution in [1.82, 2.24) is 0 Å². The minimum Gasteiger partial charge on any atom is -0.465 e. The second kappa shape index (κ2) is 6.98. The second-order valence-electron chi connectivity index (χ2n) is 5.10. The van der Waals surface area contributed by atoms with Crippen molar-refractivity contribution in [3.05, 3.63) is 42.5 Å². The lowest BCUT2D eigenvalue weighted by Crippen LogP contribution is -2.25. The summed E-state index contributed by atoms with van der Waals surface area (Å²) >= 11 is 0. The van der Waals surface area contributed by atoms with Gasteiger partial charge in [-0.2, -0.15) is 0 Å². The average molecular weight is 261 g/mol. The number of hydrogen-bond acceptors (Lipinski definition) is 3. The van der Waals surface area contributed by atoms with Crippen LogP contribution in [0.3, 0.4) is 0 Å². The Morgan fingerprint density at radius 1 is 1.37 bits per heavy atom. The van der Waals surface area contributed by atoms with Gasteiger partial charge in [-0.05, 0) is 39.8 Å². The first kappa shape index (κ1) is 15.3. The van der Waals surface area contributed by atoms with Crippen molar-refractivity contribution in [3.63, 3.8) is 0 Å². The molecule has 0 saturated carbocycles. The maximum atomic E-state index is 11.7. The van der Waals surface area contributed by atoms with E-state index < -0.39 is 5.41 Å². The fraction of sp³-hybridized carbons (Fsp3) is 0.438. The average Bonchev–Trinajstić information content (AvgIpc) is 2.38. The molecule has 1 atom stereocenters. The molecule has 0 spiro atoms. The maximum absolute atomic E-state index is 11.7. The largest absolute Gasteiger partial charge is 0.465 e. The van der Waals surface area contributed by atoms with E-state index in [9.17, 15) is 4.79 Å². The Hall–Kier alpha value is -1.77. The van der Waals surface area contributed by atoms with E-state index in [0.29, 0.717) is 6.61 Å². The number of rotatable bonds is 6. The van der Waals surface area contributed by atoms with E-state index >= 15 is 0 Å². The fourth-order valence-corrected chi connectivity index (χ4v) is 1.62. The van der Waals surface area contributed by atoms with Gasteiger partial charge in [0.25, 0.3) is 0 Å². The van der Waals surface area contributed by atoms with Gasteiger partial charge in [-0.15, -0.1) is 0 Å². The van der Waals surface area contributed by atoms with Gasteiger partial charge in [-0.1, -0.05) is 30.4 Å². The van der Waals surface area contributed by atoms with Crippen molar-refractivity contribution in [2.75, 3.05) is 11.9 Å². The summed E-state index contributed by atoms with van der Waals surface area (Å²) in [6.45, 7) is 7.99. The first-order valence-corrected chi connectivity index (χ1v) is 6.64. The number of nitrogens with one attached hydrogen (secondary N) is 1. The summed E-state index contributed by atoms with van der Waals surface area (Å²) in [5, 5.41) is 3.35. The van der Waals surface area contributed by atoms with Crippen molar-refractivity contribution >= 4 is 11.7 Å². The summed E-state index contributed by atoms with van der Waals surface area (Å²) in [4.78, 5) is 11.7. The van der Waals surface area contributed by atoms with Crippen molar-refractivity contribution in [2.45, 2.75) is 33.7 Å². The van der Waals surface area contributed by atoms with Gasteiger partial charge in [0.05, 0.1) is 12.0 Å². The van der Waals surface area contributed by atoms with Crippen LogP contribution in [0.1, 0.15) is 27.7 Å². The number of anilines is 1. The van der Waals surface area contributed by atoms with Gasteiger partial charge in [0.1, 0.15) is 0 Å². The number of para-hydroxylation sites is 1. The minimum absolute atomic E-state index is 0.149. The molecule has 1 N–H and O–H groups in total. The smallest absolute Gasteiger partial charge is 0.315 e. The molecule has 104 valence electrons. The zero-order chi connectivity index (χ0) is 14.3. The third kappa shape index (κ3) is 5.16. The van der Waals surface area contributed by atoms with Crippen LogP contribution in [0, 0.1) is 5.41 Å².